The Morgan fingerprint density at radius 1 is 1.10 bits per heavy atom. The number of methoxy groups -OCH3 is 1. The number of aromatic nitrogens is 2. The fourth-order valence-corrected chi connectivity index (χ4v) is 2.10. The first-order valence-corrected chi connectivity index (χ1v) is 6.36. The Bertz CT molecular complexity index is 791. The van der Waals surface area contributed by atoms with E-state index in [1.165, 1.54) is 4.68 Å². The van der Waals surface area contributed by atoms with Gasteiger partial charge in [0.25, 0.3) is 5.56 Å². The van der Waals surface area contributed by atoms with Crippen LogP contribution in [0.3, 0.4) is 0 Å². The Hall–Kier alpha value is -2.62. The highest BCUT2D eigenvalue weighted by atomic mass is 16.5. The standard InChI is InChI=1S/C16H14N2O2/c1-20-14-8-6-12(7-9-14)11-18-16(19)10-13-4-2-3-5-15(13)17-18/h2-10H,11H2,1H3. The minimum absolute atomic E-state index is 0.0977. The average Bonchev–Trinajstić information content (AvgIpc) is 2.49. The summed E-state index contributed by atoms with van der Waals surface area (Å²) >= 11 is 0. The summed E-state index contributed by atoms with van der Waals surface area (Å²) < 4.78 is 6.59. The summed E-state index contributed by atoms with van der Waals surface area (Å²) in [6, 6.07) is 16.8. The molecule has 0 atom stereocenters. The summed E-state index contributed by atoms with van der Waals surface area (Å²) in [7, 11) is 1.63. The summed E-state index contributed by atoms with van der Waals surface area (Å²) in [4.78, 5) is 12.0. The Balaban J connectivity index is 1.97. The van der Waals surface area contributed by atoms with Crippen molar-refractivity contribution in [2.45, 2.75) is 6.54 Å². The van der Waals surface area contributed by atoms with Crippen molar-refractivity contribution in [3.8, 4) is 5.75 Å². The van der Waals surface area contributed by atoms with Crippen LogP contribution in [0.25, 0.3) is 10.9 Å². The fraction of sp³-hybridized carbons (Fsp3) is 0.125. The van der Waals surface area contributed by atoms with Crippen molar-refractivity contribution in [3.05, 3.63) is 70.5 Å². The smallest absolute Gasteiger partial charge is 0.267 e. The molecule has 3 aromatic rings. The van der Waals surface area contributed by atoms with Crippen molar-refractivity contribution in [3.63, 3.8) is 0 Å². The maximum absolute atomic E-state index is 12.0. The molecule has 1 aromatic heterocycles. The van der Waals surface area contributed by atoms with E-state index in [1.54, 1.807) is 13.2 Å². The van der Waals surface area contributed by atoms with E-state index in [0.29, 0.717) is 6.54 Å². The highest BCUT2D eigenvalue weighted by Gasteiger charge is 2.03. The van der Waals surface area contributed by atoms with Gasteiger partial charge >= 0.3 is 0 Å². The Labute approximate surface area is 116 Å². The molecule has 4 nitrogen and oxygen atoms in total. The molecule has 0 amide bonds. The molecule has 0 saturated carbocycles. The average molecular weight is 266 g/mol. The molecule has 3 rings (SSSR count). The summed E-state index contributed by atoms with van der Waals surface area (Å²) in [5, 5.41) is 5.25. The van der Waals surface area contributed by atoms with Gasteiger partial charge in [0, 0.05) is 11.5 Å². The minimum Gasteiger partial charge on any atom is -0.497 e. The Morgan fingerprint density at radius 2 is 1.85 bits per heavy atom. The van der Waals surface area contributed by atoms with Crippen molar-refractivity contribution in [2.24, 2.45) is 0 Å². The largest absolute Gasteiger partial charge is 0.497 e. The topological polar surface area (TPSA) is 44.1 Å². The second kappa shape index (κ2) is 5.17. The van der Waals surface area contributed by atoms with Gasteiger partial charge in [0.05, 0.1) is 19.2 Å². The van der Waals surface area contributed by atoms with Crippen LogP contribution in [0.5, 0.6) is 5.75 Å². The van der Waals surface area contributed by atoms with E-state index in [0.717, 1.165) is 22.2 Å². The molecule has 0 aliphatic carbocycles. The first kappa shape index (κ1) is 12.4. The molecule has 0 fully saturated rings. The molecule has 0 radical (unpaired) electrons. The van der Waals surface area contributed by atoms with E-state index in [9.17, 15) is 4.79 Å². The van der Waals surface area contributed by atoms with Gasteiger partial charge in [-0.1, -0.05) is 30.3 Å². The van der Waals surface area contributed by atoms with Crippen LogP contribution in [-0.2, 0) is 6.54 Å². The first-order valence-electron chi connectivity index (χ1n) is 6.36. The van der Waals surface area contributed by atoms with Crippen LogP contribution in [0.2, 0.25) is 0 Å². The zero-order valence-corrected chi connectivity index (χ0v) is 11.1. The normalized spacial score (nSPS) is 10.7. The van der Waals surface area contributed by atoms with E-state index in [-0.39, 0.29) is 5.56 Å². The van der Waals surface area contributed by atoms with Crippen molar-refractivity contribution >= 4 is 10.9 Å². The highest BCUT2D eigenvalue weighted by Crippen LogP contribution is 2.12. The zero-order chi connectivity index (χ0) is 13.9. The van der Waals surface area contributed by atoms with Gasteiger partial charge in [-0.3, -0.25) is 4.79 Å². The van der Waals surface area contributed by atoms with E-state index in [1.807, 2.05) is 48.5 Å². The number of hydrogen-bond acceptors (Lipinski definition) is 3. The van der Waals surface area contributed by atoms with Gasteiger partial charge in [0.15, 0.2) is 0 Å². The van der Waals surface area contributed by atoms with E-state index >= 15 is 0 Å². The maximum atomic E-state index is 12.0. The second-order valence-corrected chi connectivity index (χ2v) is 4.55. The predicted molar refractivity (Wildman–Crippen MR) is 78.1 cm³/mol. The monoisotopic (exact) mass is 266 g/mol. The molecule has 0 N–H and O–H groups in total. The van der Waals surface area contributed by atoms with Crippen molar-refractivity contribution in [1.29, 1.82) is 0 Å². The third-order valence-corrected chi connectivity index (χ3v) is 3.19. The molecule has 20 heavy (non-hydrogen) atoms. The Morgan fingerprint density at radius 3 is 2.60 bits per heavy atom. The molecular formula is C16H14N2O2. The van der Waals surface area contributed by atoms with Gasteiger partial charge < -0.3 is 4.74 Å². The lowest BCUT2D eigenvalue weighted by Gasteiger charge is -2.07. The predicted octanol–water partition coefficient (Wildman–Crippen LogP) is 2.45. The molecule has 0 saturated heterocycles. The summed E-state index contributed by atoms with van der Waals surface area (Å²) in [5.74, 6) is 0.799. The molecule has 0 bridgehead atoms. The molecule has 1 heterocycles. The number of nitrogens with zero attached hydrogens (tertiary/aromatic N) is 2. The molecule has 0 unspecified atom stereocenters. The molecular weight excluding hydrogens is 252 g/mol. The quantitative estimate of drug-likeness (QED) is 0.731. The lowest BCUT2D eigenvalue weighted by Crippen LogP contribution is -2.22. The SMILES string of the molecule is COc1ccc(Cn2nc3ccccc3cc2=O)cc1. The number of benzene rings is 2. The number of fused-ring (bicyclic) bond motifs is 1. The van der Waals surface area contributed by atoms with Gasteiger partial charge in [0.1, 0.15) is 5.75 Å². The second-order valence-electron chi connectivity index (χ2n) is 4.55. The van der Waals surface area contributed by atoms with Crippen LogP contribution in [0.1, 0.15) is 5.56 Å². The van der Waals surface area contributed by atoms with Crippen LogP contribution in [0.4, 0.5) is 0 Å². The molecule has 4 heteroatoms. The van der Waals surface area contributed by atoms with Crippen molar-refractivity contribution < 1.29 is 4.74 Å². The third-order valence-electron chi connectivity index (χ3n) is 3.19. The van der Waals surface area contributed by atoms with Gasteiger partial charge in [-0.05, 0) is 23.8 Å². The van der Waals surface area contributed by atoms with E-state index in [2.05, 4.69) is 5.10 Å². The maximum Gasteiger partial charge on any atom is 0.267 e. The van der Waals surface area contributed by atoms with E-state index in [4.69, 9.17) is 4.74 Å². The summed E-state index contributed by atoms with van der Waals surface area (Å²) in [5.41, 5.74) is 1.73. The lowest BCUT2D eigenvalue weighted by molar-refractivity contribution is 0.414. The number of ether oxygens (including phenoxy) is 1. The first-order chi connectivity index (χ1) is 9.76. The van der Waals surface area contributed by atoms with Gasteiger partial charge in [-0.2, -0.15) is 5.10 Å². The molecule has 2 aromatic carbocycles. The molecule has 0 aliphatic heterocycles. The zero-order valence-electron chi connectivity index (χ0n) is 11.1. The lowest BCUT2D eigenvalue weighted by atomic mass is 10.2. The van der Waals surface area contributed by atoms with Gasteiger partial charge in [0.2, 0.25) is 0 Å². The van der Waals surface area contributed by atoms with E-state index < -0.39 is 0 Å². The summed E-state index contributed by atoms with van der Waals surface area (Å²) in [6.07, 6.45) is 0. The van der Waals surface area contributed by atoms with Crippen LogP contribution >= 0.6 is 0 Å². The van der Waals surface area contributed by atoms with Gasteiger partial charge in [-0.25, -0.2) is 4.68 Å². The number of hydrogen-bond donors (Lipinski definition) is 0. The minimum atomic E-state index is -0.0977. The third kappa shape index (κ3) is 2.40. The van der Waals surface area contributed by atoms with Crippen LogP contribution in [0, 0.1) is 0 Å². The highest BCUT2D eigenvalue weighted by molar-refractivity contribution is 5.77. The summed E-state index contributed by atoms with van der Waals surface area (Å²) in [6.45, 7) is 0.452. The Kier molecular flexibility index (Phi) is 3.21. The molecule has 100 valence electrons. The molecule has 0 spiro atoms. The van der Waals surface area contributed by atoms with Gasteiger partial charge in [-0.15, -0.1) is 0 Å². The van der Waals surface area contributed by atoms with Crippen LogP contribution < -0.4 is 10.3 Å². The van der Waals surface area contributed by atoms with Crippen LogP contribution in [0.15, 0.2) is 59.4 Å². The van der Waals surface area contributed by atoms with Crippen LogP contribution in [-0.4, -0.2) is 16.9 Å². The van der Waals surface area contributed by atoms with Crippen molar-refractivity contribution in [2.75, 3.05) is 7.11 Å². The molecule has 0 aliphatic rings. The number of rotatable bonds is 3. The van der Waals surface area contributed by atoms with Crippen molar-refractivity contribution in [1.82, 2.24) is 9.78 Å². The fourth-order valence-electron chi connectivity index (χ4n) is 2.10.